The van der Waals surface area contributed by atoms with Crippen molar-refractivity contribution in [1.29, 1.82) is 0 Å². The zero-order chi connectivity index (χ0) is 27.4. The lowest BCUT2D eigenvalue weighted by molar-refractivity contribution is 0.0911. The number of benzene rings is 2. The van der Waals surface area contributed by atoms with Crippen LogP contribution in [0.1, 0.15) is 43.1 Å². The third kappa shape index (κ3) is 6.26. The maximum atomic E-state index is 12.5. The van der Waals surface area contributed by atoms with Crippen LogP contribution in [0, 0.1) is 6.92 Å². The molecule has 1 aliphatic rings. The van der Waals surface area contributed by atoms with Gasteiger partial charge < -0.3 is 25.0 Å². The highest BCUT2D eigenvalue weighted by atomic mass is 16.5. The van der Waals surface area contributed by atoms with Crippen LogP contribution in [0.15, 0.2) is 61.1 Å². The molecule has 0 atom stereocenters. The number of hydrogen-bond acceptors (Lipinski definition) is 8. The molecule has 4 aromatic rings. The lowest BCUT2D eigenvalue weighted by Crippen LogP contribution is -2.42. The number of nitrogens with one attached hydrogen (secondary N) is 2. The van der Waals surface area contributed by atoms with Crippen LogP contribution in [-0.2, 0) is 4.74 Å². The fraction of sp³-hybridized carbons (Fsp3) is 0.333. The molecule has 0 unspecified atom stereocenters. The zero-order valence-corrected chi connectivity index (χ0v) is 22.8. The molecule has 9 nitrogen and oxygen atoms in total. The Kier molecular flexibility index (Phi) is 7.60. The number of amides is 1. The number of carbonyl (C=O) groups excluding carboxylic acids is 1. The number of hydrogen-bond donors (Lipinski definition) is 2. The summed E-state index contributed by atoms with van der Waals surface area (Å²) in [6, 6.07) is 15.1. The van der Waals surface area contributed by atoms with Crippen LogP contribution in [0.4, 0.5) is 17.3 Å². The number of fused-ring (bicyclic) bond motifs is 1. The molecule has 2 aromatic carbocycles. The fourth-order valence-electron chi connectivity index (χ4n) is 4.26. The number of aromatic nitrogens is 3. The average Bonchev–Trinajstić information content (AvgIpc) is 2.95. The second kappa shape index (κ2) is 11.2. The highest BCUT2D eigenvalue weighted by Crippen LogP contribution is 2.31. The van der Waals surface area contributed by atoms with Gasteiger partial charge in [-0.3, -0.25) is 4.79 Å². The van der Waals surface area contributed by atoms with Crippen molar-refractivity contribution in [3.63, 3.8) is 0 Å². The molecule has 1 fully saturated rings. The van der Waals surface area contributed by atoms with Gasteiger partial charge in [0.05, 0.1) is 24.9 Å². The van der Waals surface area contributed by atoms with Crippen LogP contribution in [0.5, 0.6) is 11.5 Å². The topological polar surface area (TPSA) is 102 Å². The van der Waals surface area contributed by atoms with Gasteiger partial charge in [0, 0.05) is 35.3 Å². The predicted molar refractivity (Wildman–Crippen MR) is 153 cm³/mol. The maximum Gasteiger partial charge on any atom is 0.251 e. The van der Waals surface area contributed by atoms with Gasteiger partial charge in [0.1, 0.15) is 29.5 Å². The predicted octanol–water partition coefficient (Wildman–Crippen LogP) is 5.62. The summed E-state index contributed by atoms with van der Waals surface area (Å²) in [6.07, 6.45) is 4.18. The molecular formula is C30H34N6O3. The molecule has 1 saturated heterocycles. The molecule has 0 aliphatic carbocycles. The van der Waals surface area contributed by atoms with Gasteiger partial charge in [-0.25, -0.2) is 15.0 Å². The van der Waals surface area contributed by atoms with E-state index >= 15 is 0 Å². The lowest BCUT2D eigenvalue weighted by Gasteiger charge is -2.27. The SMILES string of the molecule is CCC(C)(C)NC(=O)c1ccc(Oc2ccc(Nc3ncnc4cnc(N5CCOCC5)cc34)cc2C)cc1. The van der Waals surface area contributed by atoms with Crippen LogP contribution < -0.4 is 20.3 Å². The first-order chi connectivity index (χ1) is 18.8. The molecule has 1 amide bonds. The Morgan fingerprint density at radius 2 is 1.82 bits per heavy atom. The van der Waals surface area contributed by atoms with Gasteiger partial charge in [-0.05, 0) is 81.3 Å². The number of carbonyl (C=O) groups is 1. The van der Waals surface area contributed by atoms with E-state index in [4.69, 9.17) is 9.47 Å². The normalized spacial score (nSPS) is 13.8. The number of morpholine rings is 1. The molecular weight excluding hydrogens is 492 g/mol. The summed E-state index contributed by atoms with van der Waals surface area (Å²) in [5.74, 6) is 2.91. The number of nitrogens with zero attached hydrogens (tertiary/aromatic N) is 4. The fourth-order valence-corrected chi connectivity index (χ4v) is 4.26. The molecule has 0 bridgehead atoms. The van der Waals surface area contributed by atoms with E-state index in [-0.39, 0.29) is 11.4 Å². The molecule has 5 rings (SSSR count). The summed E-state index contributed by atoms with van der Waals surface area (Å²) >= 11 is 0. The summed E-state index contributed by atoms with van der Waals surface area (Å²) in [4.78, 5) is 28.2. The number of ether oxygens (including phenoxy) is 2. The minimum atomic E-state index is -0.251. The standard InChI is InChI=1S/C30H34N6O3/c1-5-30(3,4)35-29(37)21-6-9-23(10-7-21)39-26-11-8-22(16-20(26)2)34-28-24-17-27(36-12-14-38-15-13-36)31-18-25(24)32-19-33-28/h6-11,16-19H,5,12-15H2,1-4H3,(H,35,37)(H,32,33,34). The van der Waals surface area contributed by atoms with E-state index in [1.807, 2.05) is 57.2 Å². The van der Waals surface area contributed by atoms with Crippen LogP contribution in [0.2, 0.25) is 0 Å². The van der Waals surface area contributed by atoms with Crippen molar-refractivity contribution < 1.29 is 14.3 Å². The molecule has 1 aliphatic heterocycles. The summed E-state index contributed by atoms with van der Waals surface area (Å²) in [7, 11) is 0. The first-order valence-electron chi connectivity index (χ1n) is 13.2. The maximum absolute atomic E-state index is 12.5. The van der Waals surface area contributed by atoms with Crippen molar-refractivity contribution in [3.8, 4) is 11.5 Å². The first kappa shape index (κ1) is 26.4. The van der Waals surface area contributed by atoms with Crippen molar-refractivity contribution >= 4 is 34.1 Å². The highest BCUT2D eigenvalue weighted by Gasteiger charge is 2.19. The molecule has 0 saturated carbocycles. The molecule has 39 heavy (non-hydrogen) atoms. The molecule has 2 N–H and O–H groups in total. The quantitative estimate of drug-likeness (QED) is 0.305. The third-order valence-corrected chi connectivity index (χ3v) is 6.96. The molecule has 2 aromatic heterocycles. The number of pyridine rings is 1. The molecule has 3 heterocycles. The van der Waals surface area contributed by atoms with Crippen molar-refractivity contribution in [3.05, 3.63) is 72.2 Å². The zero-order valence-electron chi connectivity index (χ0n) is 22.8. The van der Waals surface area contributed by atoms with Crippen LogP contribution in [0.3, 0.4) is 0 Å². The highest BCUT2D eigenvalue weighted by molar-refractivity contribution is 5.95. The second-order valence-corrected chi connectivity index (χ2v) is 10.3. The van der Waals surface area contributed by atoms with E-state index in [0.717, 1.165) is 53.2 Å². The first-order valence-corrected chi connectivity index (χ1v) is 13.2. The molecule has 9 heteroatoms. The van der Waals surface area contributed by atoms with Gasteiger partial charge in [0.15, 0.2) is 0 Å². The molecule has 0 spiro atoms. The second-order valence-electron chi connectivity index (χ2n) is 10.3. The number of aryl methyl sites for hydroxylation is 1. The Morgan fingerprint density at radius 1 is 1.05 bits per heavy atom. The Labute approximate surface area is 228 Å². The van der Waals surface area contributed by atoms with E-state index in [9.17, 15) is 4.79 Å². The van der Waals surface area contributed by atoms with Crippen molar-refractivity contribution in [2.24, 2.45) is 0 Å². The van der Waals surface area contributed by atoms with Gasteiger partial charge in [-0.2, -0.15) is 0 Å². The smallest absolute Gasteiger partial charge is 0.251 e. The summed E-state index contributed by atoms with van der Waals surface area (Å²) < 4.78 is 11.6. The van der Waals surface area contributed by atoms with E-state index in [1.54, 1.807) is 18.3 Å². The van der Waals surface area contributed by atoms with Gasteiger partial charge in [0.25, 0.3) is 5.91 Å². The van der Waals surface area contributed by atoms with E-state index < -0.39 is 0 Å². The van der Waals surface area contributed by atoms with E-state index in [2.05, 4.69) is 37.4 Å². The van der Waals surface area contributed by atoms with E-state index in [0.29, 0.717) is 30.3 Å². The van der Waals surface area contributed by atoms with Crippen molar-refractivity contribution in [1.82, 2.24) is 20.3 Å². The summed E-state index contributed by atoms with van der Waals surface area (Å²) in [6.45, 7) is 11.1. The van der Waals surface area contributed by atoms with Gasteiger partial charge in [-0.1, -0.05) is 6.92 Å². The van der Waals surface area contributed by atoms with Crippen LogP contribution >= 0.6 is 0 Å². The minimum absolute atomic E-state index is 0.0925. The molecule has 0 radical (unpaired) electrons. The Hall–Kier alpha value is -4.24. The van der Waals surface area contributed by atoms with Gasteiger partial charge in [-0.15, -0.1) is 0 Å². The Balaban J connectivity index is 1.29. The number of rotatable bonds is 8. The van der Waals surface area contributed by atoms with Gasteiger partial charge >= 0.3 is 0 Å². The average molecular weight is 527 g/mol. The lowest BCUT2D eigenvalue weighted by atomic mass is 10.0. The summed E-state index contributed by atoms with van der Waals surface area (Å²) in [5, 5.41) is 7.38. The third-order valence-electron chi connectivity index (χ3n) is 6.96. The Morgan fingerprint density at radius 3 is 2.54 bits per heavy atom. The number of anilines is 3. The monoisotopic (exact) mass is 526 g/mol. The minimum Gasteiger partial charge on any atom is -0.457 e. The summed E-state index contributed by atoms with van der Waals surface area (Å²) in [5.41, 5.74) is 2.97. The van der Waals surface area contributed by atoms with Crippen molar-refractivity contribution in [2.45, 2.75) is 39.7 Å². The van der Waals surface area contributed by atoms with E-state index in [1.165, 1.54) is 6.33 Å². The van der Waals surface area contributed by atoms with Crippen LogP contribution in [0.25, 0.3) is 10.9 Å². The molecule has 202 valence electrons. The van der Waals surface area contributed by atoms with Crippen LogP contribution in [-0.4, -0.2) is 52.7 Å². The Bertz CT molecular complexity index is 1470. The van der Waals surface area contributed by atoms with Gasteiger partial charge in [0.2, 0.25) is 0 Å². The largest absolute Gasteiger partial charge is 0.457 e. The van der Waals surface area contributed by atoms with Crippen molar-refractivity contribution in [2.75, 3.05) is 36.5 Å².